The third-order valence-electron chi connectivity index (χ3n) is 4.88. The molecule has 2 amide bonds. The lowest BCUT2D eigenvalue weighted by atomic mass is 9.95. The van der Waals surface area contributed by atoms with Crippen molar-refractivity contribution < 1.29 is 19.1 Å². The summed E-state index contributed by atoms with van der Waals surface area (Å²) in [6.07, 6.45) is 0.212. The van der Waals surface area contributed by atoms with Crippen molar-refractivity contribution in [2.45, 2.75) is 39.5 Å². The standard InChI is InChI=1S/C20H27N5O4/c1-5-16-13(3)21-20(23-19(16)27)25-17(10-12(2)24-25)22-18(26)11-29-15-8-6-14(28-4)7-9-15/h6-10,13,16,20-21H,5,11H2,1-4H3,(H,22,26)(H,23,27). The zero-order valence-corrected chi connectivity index (χ0v) is 17.1. The number of nitrogens with one attached hydrogen (secondary N) is 3. The first-order valence-corrected chi connectivity index (χ1v) is 9.60. The number of anilines is 1. The summed E-state index contributed by atoms with van der Waals surface area (Å²) in [7, 11) is 1.58. The van der Waals surface area contributed by atoms with Crippen LogP contribution in [0.25, 0.3) is 0 Å². The van der Waals surface area contributed by atoms with E-state index in [1.165, 1.54) is 0 Å². The summed E-state index contributed by atoms with van der Waals surface area (Å²) in [5.74, 6) is 1.29. The van der Waals surface area contributed by atoms with Crippen LogP contribution in [-0.4, -0.2) is 41.4 Å². The molecule has 1 fully saturated rings. The number of aryl methyl sites for hydroxylation is 1. The fourth-order valence-corrected chi connectivity index (χ4v) is 3.35. The van der Waals surface area contributed by atoms with Gasteiger partial charge in [-0.1, -0.05) is 6.92 Å². The van der Waals surface area contributed by atoms with Crippen LogP contribution < -0.4 is 25.4 Å². The fraction of sp³-hybridized carbons (Fsp3) is 0.450. The second-order valence-electron chi connectivity index (χ2n) is 7.01. The van der Waals surface area contributed by atoms with Crippen LogP contribution >= 0.6 is 0 Å². The highest BCUT2D eigenvalue weighted by Crippen LogP contribution is 2.21. The van der Waals surface area contributed by atoms with E-state index in [9.17, 15) is 9.59 Å². The predicted molar refractivity (Wildman–Crippen MR) is 108 cm³/mol. The minimum atomic E-state index is -0.535. The maximum absolute atomic E-state index is 12.4. The summed E-state index contributed by atoms with van der Waals surface area (Å²) in [6.45, 7) is 5.62. The van der Waals surface area contributed by atoms with Crippen LogP contribution in [0.3, 0.4) is 0 Å². The number of aromatic nitrogens is 2. The molecule has 0 bridgehead atoms. The van der Waals surface area contributed by atoms with Gasteiger partial charge < -0.3 is 20.1 Å². The maximum Gasteiger partial charge on any atom is 0.263 e. The molecular formula is C20H27N5O4. The van der Waals surface area contributed by atoms with Crippen molar-refractivity contribution in [2.24, 2.45) is 5.92 Å². The van der Waals surface area contributed by atoms with Crippen LogP contribution in [0.1, 0.15) is 32.3 Å². The van der Waals surface area contributed by atoms with Gasteiger partial charge in [0.05, 0.1) is 18.7 Å². The van der Waals surface area contributed by atoms with E-state index in [-0.39, 0.29) is 30.4 Å². The quantitative estimate of drug-likeness (QED) is 0.653. The van der Waals surface area contributed by atoms with E-state index >= 15 is 0 Å². The lowest BCUT2D eigenvalue weighted by Crippen LogP contribution is -2.57. The van der Waals surface area contributed by atoms with E-state index in [1.807, 2.05) is 20.8 Å². The zero-order chi connectivity index (χ0) is 21.0. The third kappa shape index (κ3) is 4.86. The predicted octanol–water partition coefficient (Wildman–Crippen LogP) is 1.81. The van der Waals surface area contributed by atoms with Gasteiger partial charge in [0.15, 0.2) is 12.9 Å². The molecule has 1 aromatic heterocycles. The molecule has 3 unspecified atom stereocenters. The Morgan fingerprint density at radius 1 is 1.28 bits per heavy atom. The molecular weight excluding hydrogens is 374 g/mol. The molecule has 9 nitrogen and oxygen atoms in total. The van der Waals surface area contributed by atoms with Gasteiger partial charge in [0.25, 0.3) is 5.91 Å². The molecule has 1 aromatic carbocycles. The van der Waals surface area contributed by atoms with E-state index < -0.39 is 6.29 Å². The molecule has 3 rings (SSSR count). The number of ether oxygens (including phenoxy) is 2. The third-order valence-corrected chi connectivity index (χ3v) is 4.88. The first-order chi connectivity index (χ1) is 13.9. The molecule has 0 radical (unpaired) electrons. The summed E-state index contributed by atoms with van der Waals surface area (Å²) < 4.78 is 12.2. The van der Waals surface area contributed by atoms with Crippen molar-refractivity contribution in [3.8, 4) is 11.5 Å². The second kappa shape index (κ2) is 8.95. The smallest absolute Gasteiger partial charge is 0.263 e. The minimum Gasteiger partial charge on any atom is -0.497 e. The van der Waals surface area contributed by atoms with Crippen LogP contribution in [0.5, 0.6) is 11.5 Å². The number of nitrogens with zero attached hydrogens (tertiary/aromatic N) is 2. The SMILES string of the molecule is CCC1C(=O)NC(n2nc(C)cc2NC(=O)COc2ccc(OC)cc2)NC1C. The van der Waals surface area contributed by atoms with Crippen LogP contribution in [0, 0.1) is 12.8 Å². The lowest BCUT2D eigenvalue weighted by Gasteiger charge is -2.35. The number of rotatable bonds is 7. The van der Waals surface area contributed by atoms with Crippen molar-refractivity contribution in [3.05, 3.63) is 36.0 Å². The summed E-state index contributed by atoms with van der Waals surface area (Å²) in [5.41, 5.74) is 0.720. The Balaban J connectivity index is 1.64. The average molecular weight is 401 g/mol. The van der Waals surface area contributed by atoms with E-state index in [4.69, 9.17) is 9.47 Å². The van der Waals surface area contributed by atoms with E-state index in [0.717, 1.165) is 12.1 Å². The number of carbonyl (C=O) groups is 2. The Kier molecular flexibility index (Phi) is 6.38. The number of amides is 2. The van der Waals surface area contributed by atoms with Crippen LogP contribution in [-0.2, 0) is 9.59 Å². The van der Waals surface area contributed by atoms with Gasteiger partial charge in [-0.25, -0.2) is 4.68 Å². The molecule has 2 aromatic rings. The molecule has 0 saturated carbocycles. The van der Waals surface area contributed by atoms with Gasteiger partial charge in [-0.15, -0.1) is 0 Å². The highest BCUT2D eigenvalue weighted by molar-refractivity contribution is 5.91. The van der Waals surface area contributed by atoms with Crippen molar-refractivity contribution in [3.63, 3.8) is 0 Å². The summed E-state index contributed by atoms with van der Waals surface area (Å²) in [6, 6.07) is 8.71. The van der Waals surface area contributed by atoms with Gasteiger partial charge in [-0.2, -0.15) is 5.10 Å². The van der Waals surface area contributed by atoms with E-state index in [0.29, 0.717) is 17.3 Å². The zero-order valence-electron chi connectivity index (χ0n) is 17.1. The van der Waals surface area contributed by atoms with Gasteiger partial charge in [-0.3, -0.25) is 14.9 Å². The first-order valence-electron chi connectivity index (χ1n) is 9.60. The Bertz CT molecular complexity index is 864. The molecule has 2 heterocycles. The van der Waals surface area contributed by atoms with Crippen molar-refractivity contribution in [1.29, 1.82) is 0 Å². The van der Waals surface area contributed by atoms with Gasteiger partial charge in [0, 0.05) is 12.1 Å². The second-order valence-corrected chi connectivity index (χ2v) is 7.01. The van der Waals surface area contributed by atoms with Gasteiger partial charge >= 0.3 is 0 Å². The Morgan fingerprint density at radius 3 is 2.59 bits per heavy atom. The topological polar surface area (TPSA) is 107 Å². The number of hydrogen-bond acceptors (Lipinski definition) is 6. The van der Waals surface area contributed by atoms with E-state index in [1.54, 1.807) is 42.1 Å². The molecule has 156 valence electrons. The molecule has 3 N–H and O–H groups in total. The number of benzene rings is 1. The molecule has 1 aliphatic heterocycles. The Morgan fingerprint density at radius 2 is 1.97 bits per heavy atom. The molecule has 0 aliphatic carbocycles. The molecule has 1 saturated heterocycles. The summed E-state index contributed by atoms with van der Waals surface area (Å²) in [5, 5.41) is 13.5. The fourth-order valence-electron chi connectivity index (χ4n) is 3.35. The first kappa shape index (κ1) is 20.7. The maximum atomic E-state index is 12.4. The van der Waals surface area contributed by atoms with Crippen molar-refractivity contribution in [1.82, 2.24) is 20.4 Å². The Labute approximate surface area is 169 Å². The van der Waals surface area contributed by atoms with Crippen molar-refractivity contribution in [2.75, 3.05) is 19.0 Å². The highest BCUT2D eigenvalue weighted by atomic mass is 16.5. The normalized spacial score (nSPS) is 21.4. The molecule has 3 atom stereocenters. The van der Waals surface area contributed by atoms with Crippen LogP contribution in [0.15, 0.2) is 30.3 Å². The lowest BCUT2D eigenvalue weighted by molar-refractivity contribution is -0.130. The minimum absolute atomic E-state index is 0.00906. The Hall–Kier alpha value is -3.07. The summed E-state index contributed by atoms with van der Waals surface area (Å²) in [4.78, 5) is 24.7. The van der Waals surface area contributed by atoms with Gasteiger partial charge in [0.1, 0.15) is 17.3 Å². The average Bonchev–Trinajstić information content (AvgIpc) is 3.06. The van der Waals surface area contributed by atoms with Crippen LogP contribution in [0.2, 0.25) is 0 Å². The molecule has 0 spiro atoms. The molecule has 1 aliphatic rings. The molecule has 9 heteroatoms. The van der Waals surface area contributed by atoms with Crippen LogP contribution in [0.4, 0.5) is 5.82 Å². The number of hydrogen-bond donors (Lipinski definition) is 3. The number of carbonyl (C=O) groups excluding carboxylic acids is 2. The largest absolute Gasteiger partial charge is 0.497 e. The van der Waals surface area contributed by atoms with Crippen molar-refractivity contribution >= 4 is 17.6 Å². The van der Waals surface area contributed by atoms with Gasteiger partial charge in [0.2, 0.25) is 5.91 Å². The number of methoxy groups -OCH3 is 1. The van der Waals surface area contributed by atoms with Gasteiger partial charge in [-0.05, 0) is 44.5 Å². The molecule has 29 heavy (non-hydrogen) atoms. The monoisotopic (exact) mass is 401 g/mol. The highest BCUT2D eigenvalue weighted by Gasteiger charge is 2.34. The summed E-state index contributed by atoms with van der Waals surface area (Å²) >= 11 is 0. The van der Waals surface area contributed by atoms with E-state index in [2.05, 4.69) is 21.0 Å².